The maximum atomic E-state index is 14.6. The van der Waals surface area contributed by atoms with Crippen LogP contribution in [0.3, 0.4) is 0 Å². The molecule has 2 atom stereocenters. The van der Waals surface area contributed by atoms with Crippen molar-refractivity contribution >= 4 is 35.0 Å². The molecule has 0 radical (unpaired) electrons. The predicted molar refractivity (Wildman–Crippen MR) is 247 cm³/mol. The number of alkyl halides is 3. The van der Waals surface area contributed by atoms with Crippen LogP contribution in [0.5, 0.6) is 0 Å². The lowest BCUT2D eigenvalue weighted by atomic mass is 9.96. The number of pyridine rings is 1. The second-order valence-electron chi connectivity index (χ2n) is 19.2. The van der Waals surface area contributed by atoms with Crippen LogP contribution < -0.4 is 15.9 Å². The van der Waals surface area contributed by atoms with Crippen molar-refractivity contribution in [3.8, 4) is 5.69 Å². The maximum Gasteiger partial charge on any atom is 0.418 e. The number of halogens is 3. The summed E-state index contributed by atoms with van der Waals surface area (Å²) in [5.41, 5.74) is 2.47. The summed E-state index contributed by atoms with van der Waals surface area (Å²) in [6.07, 6.45) is 2.43. The van der Waals surface area contributed by atoms with E-state index in [-0.39, 0.29) is 48.4 Å². The number of ether oxygens (including phenoxy) is 1. The van der Waals surface area contributed by atoms with Crippen molar-refractivity contribution in [2.75, 3.05) is 63.8 Å². The summed E-state index contributed by atoms with van der Waals surface area (Å²) < 4.78 is 53.8. The summed E-state index contributed by atoms with van der Waals surface area (Å²) in [6.45, 7) is 9.20. The average molecular weight is 952 g/mol. The highest BCUT2D eigenvalue weighted by Crippen LogP contribution is 2.35. The lowest BCUT2D eigenvalue weighted by Gasteiger charge is -2.40. The van der Waals surface area contributed by atoms with E-state index in [9.17, 15) is 37.1 Å². The van der Waals surface area contributed by atoms with Gasteiger partial charge >= 0.3 is 18.0 Å². The zero-order valence-electron chi connectivity index (χ0n) is 38.7. The summed E-state index contributed by atoms with van der Waals surface area (Å²) in [4.78, 5) is 74.6. The van der Waals surface area contributed by atoms with E-state index in [1.807, 2.05) is 37.1 Å². The predicted octanol–water partition coefficient (Wildman–Crippen LogP) is 4.79. The number of benzene rings is 2. The Morgan fingerprint density at radius 1 is 0.870 bits per heavy atom. The first-order chi connectivity index (χ1) is 33.2. The molecule has 5 aliphatic rings. The number of likely N-dealkylation sites (tertiary alicyclic amines) is 2. The van der Waals surface area contributed by atoms with Crippen molar-refractivity contribution in [2.45, 2.75) is 82.8 Å². The van der Waals surface area contributed by atoms with E-state index in [2.05, 4.69) is 31.4 Å². The van der Waals surface area contributed by atoms with Crippen LogP contribution in [-0.4, -0.2) is 138 Å². The minimum Gasteiger partial charge on any atom is -0.446 e. The molecule has 69 heavy (non-hydrogen) atoms. The van der Waals surface area contributed by atoms with Crippen LogP contribution in [0.1, 0.15) is 89.8 Å². The van der Waals surface area contributed by atoms with E-state index in [1.165, 1.54) is 17.0 Å². The smallest absolute Gasteiger partial charge is 0.418 e. The number of amides is 4. The Morgan fingerprint density at radius 2 is 1.64 bits per heavy atom. The number of piperazine rings is 1. The van der Waals surface area contributed by atoms with Gasteiger partial charge in [0.15, 0.2) is 0 Å². The number of hydrogen-bond acceptors (Lipinski definition) is 11. The highest BCUT2D eigenvalue weighted by molar-refractivity contribution is 6.05. The molecule has 8 heterocycles. The average Bonchev–Trinajstić information content (AvgIpc) is 4.03. The van der Waals surface area contributed by atoms with Crippen molar-refractivity contribution in [2.24, 2.45) is 13.0 Å². The van der Waals surface area contributed by atoms with Gasteiger partial charge in [0.2, 0.25) is 11.8 Å². The molecular formula is C49H56F3N11O6. The molecule has 5 aromatic rings. The van der Waals surface area contributed by atoms with Crippen LogP contribution in [0.15, 0.2) is 72.0 Å². The normalized spacial score (nSPS) is 20.7. The number of piperidine rings is 3. The van der Waals surface area contributed by atoms with Gasteiger partial charge in [0.1, 0.15) is 24.3 Å². The number of anilines is 1. The number of rotatable bonds is 10. The third-order valence-corrected chi connectivity index (χ3v) is 14.8. The van der Waals surface area contributed by atoms with Gasteiger partial charge in [-0.1, -0.05) is 19.1 Å². The van der Waals surface area contributed by atoms with E-state index < -0.39 is 29.4 Å². The highest BCUT2D eigenvalue weighted by Gasteiger charge is 2.40. The molecule has 1 unspecified atom stereocenters. The molecule has 1 N–H and O–H groups in total. The zero-order chi connectivity index (χ0) is 48.1. The number of nitrogens with zero attached hydrogens (tertiary/aromatic N) is 10. The number of aryl methyl sites for hydroxylation is 1. The Labute approximate surface area is 396 Å². The topological polar surface area (TPSA) is 163 Å². The second-order valence-corrected chi connectivity index (χ2v) is 19.2. The number of carbonyl (C=O) groups excluding carboxylic acids is 4. The van der Waals surface area contributed by atoms with Crippen molar-refractivity contribution < 1.29 is 37.1 Å². The fourth-order valence-electron chi connectivity index (χ4n) is 10.8. The Bertz CT molecular complexity index is 2830. The molecule has 0 aliphatic carbocycles. The molecule has 4 fully saturated rings. The number of carbonyl (C=O) groups is 4. The number of nitrogens with one attached hydrogen (secondary N) is 1. The first-order valence-electron chi connectivity index (χ1n) is 23.9. The molecule has 2 aromatic carbocycles. The quantitative estimate of drug-likeness (QED) is 0.192. The number of aromatic nitrogens is 5. The lowest BCUT2D eigenvalue weighted by Crippen LogP contribution is -2.52. The maximum absolute atomic E-state index is 14.6. The third kappa shape index (κ3) is 9.47. The Kier molecular flexibility index (Phi) is 12.6. The van der Waals surface area contributed by atoms with Crippen LogP contribution in [0, 0.1) is 5.92 Å². The van der Waals surface area contributed by atoms with Gasteiger partial charge in [-0.2, -0.15) is 13.2 Å². The molecule has 3 aromatic heterocycles. The first kappa shape index (κ1) is 46.2. The number of imidazole rings is 1. The molecule has 17 nitrogen and oxygen atoms in total. The van der Waals surface area contributed by atoms with Crippen molar-refractivity contribution in [1.29, 1.82) is 0 Å². The minimum absolute atomic E-state index is 0.174. The molecule has 0 bridgehead atoms. The second kappa shape index (κ2) is 18.8. The Morgan fingerprint density at radius 3 is 2.35 bits per heavy atom. The Balaban J connectivity index is 0.680. The molecule has 0 spiro atoms. The van der Waals surface area contributed by atoms with Gasteiger partial charge in [-0.15, -0.1) is 10.2 Å². The summed E-state index contributed by atoms with van der Waals surface area (Å²) >= 11 is 0. The van der Waals surface area contributed by atoms with Crippen molar-refractivity contribution in [3.05, 3.63) is 111 Å². The highest BCUT2D eigenvalue weighted by atomic mass is 19.4. The SMILES string of the molecule is C[C@H](c1cccc(-n2cc3c(C(F)(F)F)cc(CN4CCC(OC(=O)N5CCC(CN6CCN(c7ccc8c(c7)CN(C7CCC(=O)NC7=O)C8=O)CC6)CC5)CC4)cn3c2=O)c1)c1nncn1C. The van der Waals surface area contributed by atoms with E-state index >= 15 is 0 Å². The van der Waals surface area contributed by atoms with Crippen LogP contribution in [0.4, 0.5) is 23.7 Å². The lowest BCUT2D eigenvalue weighted by molar-refractivity contribution is -0.137. The van der Waals surface area contributed by atoms with Gasteiger partial charge in [-0.3, -0.25) is 38.5 Å². The van der Waals surface area contributed by atoms with Gasteiger partial charge in [0.05, 0.1) is 16.8 Å². The molecular weight excluding hydrogens is 896 g/mol. The standard InChI is InChI=1S/C49H56F3N11O6/c1-31(44-55-53-30-56(44)2)34-4-3-5-37(23-34)61-29-42-40(49(50,51)52)22-33(27-63(42)47(61)67)26-57-14-12-38(13-15-57)69-48(68)60-16-10-32(11-17-60)25-58-18-20-59(21-19-58)36-6-7-39-35(24-36)28-62(46(39)66)41-8-9-43(64)54-45(41)65/h3-7,22-24,27,29-32,38,41H,8-21,25-26,28H2,1-2H3,(H,54,64,65)/t31-,41?/m1/s1. The molecule has 5 aliphatic heterocycles. The van der Waals surface area contributed by atoms with E-state index in [1.54, 1.807) is 38.9 Å². The van der Waals surface area contributed by atoms with Gasteiger partial charge in [-0.25, -0.2) is 9.59 Å². The zero-order valence-corrected chi connectivity index (χ0v) is 38.7. The molecule has 0 saturated carbocycles. The summed E-state index contributed by atoms with van der Waals surface area (Å²) in [7, 11) is 1.83. The van der Waals surface area contributed by atoms with Crippen molar-refractivity contribution in [3.63, 3.8) is 0 Å². The molecule has 10 rings (SSSR count). The van der Waals surface area contributed by atoms with E-state index in [0.29, 0.717) is 80.5 Å². The van der Waals surface area contributed by atoms with Gasteiger partial charge in [0, 0.05) is 115 Å². The van der Waals surface area contributed by atoms with Crippen molar-refractivity contribution in [1.82, 2.24) is 48.6 Å². The van der Waals surface area contributed by atoms with E-state index in [0.717, 1.165) is 72.8 Å². The van der Waals surface area contributed by atoms with Crippen LogP contribution in [0.2, 0.25) is 0 Å². The third-order valence-electron chi connectivity index (χ3n) is 14.8. The summed E-state index contributed by atoms with van der Waals surface area (Å²) in [6, 6.07) is 13.5. The van der Waals surface area contributed by atoms with Crippen LogP contribution in [0.25, 0.3) is 11.2 Å². The monoisotopic (exact) mass is 951 g/mol. The van der Waals surface area contributed by atoms with Gasteiger partial charge in [-0.05, 0) is 91.1 Å². The number of fused-ring (bicyclic) bond motifs is 2. The van der Waals surface area contributed by atoms with Gasteiger partial charge < -0.3 is 24.0 Å². The Hall–Kier alpha value is -6.54. The molecule has 4 amide bonds. The van der Waals surface area contributed by atoms with E-state index in [4.69, 9.17) is 4.74 Å². The number of hydrogen-bond donors (Lipinski definition) is 1. The summed E-state index contributed by atoms with van der Waals surface area (Å²) in [5, 5.41) is 10.5. The largest absolute Gasteiger partial charge is 0.446 e. The fourth-order valence-corrected chi connectivity index (χ4v) is 10.8. The summed E-state index contributed by atoms with van der Waals surface area (Å²) in [5.74, 6) is 0.0976. The van der Waals surface area contributed by atoms with Gasteiger partial charge in [0.25, 0.3) is 5.91 Å². The van der Waals surface area contributed by atoms with Crippen LogP contribution in [-0.2, 0) is 40.6 Å². The first-order valence-corrected chi connectivity index (χ1v) is 23.9. The fraction of sp³-hybridized carbons (Fsp3) is 0.490. The number of imide groups is 1. The minimum atomic E-state index is -4.70. The molecule has 364 valence electrons. The molecule has 20 heteroatoms. The van der Waals surface area contributed by atoms with Crippen LogP contribution >= 0.6 is 0 Å². The molecule has 4 saturated heterocycles.